The highest BCUT2D eigenvalue weighted by Gasteiger charge is 2.11. The summed E-state index contributed by atoms with van der Waals surface area (Å²) in [5, 5.41) is 0. The zero-order valence-corrected chi connectivity index (χ0v) is 19.3. The minimum absolute atomic E-state index is 0.658. The van der Waals surface area contributed by atoms with Gasteiger partial charge < -0.3 is 9.80 Å². The Morgan fingerprint density at radius 2 is 1.70 bits per heavy atom. The standard InChI is InChI=1S/C26H39N3O/c1-5-8-17-29(21-30)26-15-14-25(27-20-26)19-24-12-10-23(11-13-24)16-18-28(7-3)22(4)9-6-2/h10-15,20-22H,5-9,16-19H2,1-4H3. The van der Waals surface area contributed by atoms with Crippen molar-refractivity contribution in [3.63, 3.8) is 0 Å². The van der Waals surface area contributed by atoms with E-state index in [4.69, 9.17) is 0 Å². The van der Waals surface area contributed by atoms with Crippen LogP contribution in [0, 0.1) is 0 Å². The van der Waals surface area contributed by atoms with E-state index < -0.39 is 0 Å². The molecule has 0 N–H and O–H groups in total. The molecule has 1 unspecified atom stereocenters. The van der Waals surface area contributed by atoms with Crippen LogP contribution in [0.25, 0.3) is 0 Å². The molecule has 0 saturated carbocycles. The lowest BCUT2D eigenvalue weighted by molar-refractivity contribution is -0.107. The maximum absolute atomic E-state index is 11.3. The molecular weight excluding hydrogens is 370 g/mol. The van der Waals surface area contributed by atoms with Crippen molar-refractivity contribution >= 4 is 12.1 Å². The van der Waals surface area contributed by atoms with Crippen molar-refractivity contribution in [3.8, 4) is 0 Å². The Morgan fingerprint density at radius 1 is 0.967 bits per heavy atom. The van der Waals surface area contributed by atoms with Crippen LogP contribution in [-0.2, 0) is 17.6 Å². The summed E-state index contributed by atoms with van der Waals surface area (Å²) in [6.45, 7) is 12.0. The monoisotopic (exact) mass is 409 g/mol. The van der Waals surface area contributed by atoms with Crippen LogP contribution in [0.2, 0.25) is 0 Å². The molecule has 2 rings (SSSR count). The summed E-state index contributed by atoms with van der Waals surface area (Å²) in [7, 11) is 0. The normalized spacial score (nSPS) is 12.2. The molecule has 4 heteroatoms. The first-order valence-electron chi connectivity index (χ1n) is 11.6. The number of hydrogen-bond acceptors (Lipinski definition) is 3. The minimum Gasteiger partial charge on any atom is -0.313 e. The SMILES string of the molecule is CCCCN(C=O)c1ccc(Cc2ccc(CCN(CC)C(C)CCC)cc2)nc1. The van der Waals surface area contributed by atoms with Gasteiger partial charge in [-0.15, -0.1) is 0 Å². The number of likely N-dealkylation sites (N-methyl/N-ethyl adjacent to an activating group) is 1. The molecule has 0 aliphatic carbocycles. The first kappa shape index (κ1) is 24.1. The predicted octanol–water partition coefficient (Wildman–Crippen LogP) is 5.49. The summed E-state index contributed by atoms with van der Waals surface area (Å²) in [6, 6.07) is 13.6. The topological polar surface area (TPSA) is 36.4 Å². The largest absolute Gasteiger partial charge is 0.313 e. The zero-order valence-electron chi connectivity index (χ0n) is 19.3. The summed E-state index contributed by atoms with van der Waals surface area (Å²) in [5.41, 5.74) is 4.55. The fraction of sp³-hybridized carbons (Fsp3) is 0.538. The van der Waals surface area contributed by atoms with Crippen LogP contribution >= 0.6 is 0 Å². The molecule has 0 radical (unpaired) electrons. The van der Waals surface area contributed by atoms with Gasteiger partial charge in [0.15, 0.2) is 0 Å². The van der Waals surface area contributed by atoms with E-state index in [-0.39, 0.29) is 0 Å². The van der Waals surface area contributed by atoms with E-state index in [1.165, 1.54) is 24.0 Å². The second-order valence-corrected chi connectivity index (χ2v) is 8.17. The van der Waals surface area contributed by atoms with Crippen molar-refractivity contribution in [3.05, 3.63) is 59.4 Å². The van der Waals surface area contributed by atoms with Crippen LogP contribution in [0.1, 0.15) is 70.2 Å². The summed E-state index contributed by atoms with van der Waals surface area (Å²) in [6.07, 6.45) is 9.19. The van der Waals surface area contributed by atoms with Gasteiger partial charge in [0.2, 0.25) is 6.41 Å². The number of carbonyl (C=O) groups excluding carboxylic acids is 1. The number of anilines is 1. The molecule has 1 amide bonds. The highest BCUT2D eigenvalue weighted by Crippen LogP contribution is 2.16. The van der Waals surface area contributed by atoms with Crippen molar-refractivity contribution < 1.29 is 4.79 Å². The quantitative estimate of drug-likeness (QED) is 0.387. The van der Waals surface area contributed by atoms with Crippen molar-refractivity contribution in [2.24, 2.45) is 0 Å². The number of rotatable bonds is 14. The number of carbonyl (C=O) groups is 1. The highest BCUT2D eigenvalue weighted by atomic mass is 16.1. The number of aromatic nitrogens is 1. The molecule has 1 atom stereocenters. The molecule has 4 nitrogen and oxygen atoms in total. The molecule has 0 spiro atoms. The first-order valence-corrected chi connectivity index (χ1v) is 11.6. The molecule has 0 saturated heterocycles. The average molecular weight is 410 g/mol. The summed E-state index contributed by atoms with van der Waals surface area (Å²) in [5.74, 6) is 0. The molecular formula is C26H39N3O. The summed E-state index contributed by atoms with van der Waals surface area (Å²) < 4.78 is 0. The van der Waals surface area contributed by atoms with Gasteiger partial charge in [0.25, 0.3) is 0 Å². The molecule has 164 valence electrons. The lowest BCUT2D eigenvalue weighted by atomic mass is 10.0. The Kier molecular flexibility index (Phi) is 10.6. The van der Waals surface area contributed by atoms with Crippen molar-refractivity contribution in [2.45, 2.75) is 72.3 Å². The second kappa shape index (κ2) is 13.2. The molecule has 0 aliphatic heterocycles. The summed E-state index contributed by atoms with van der Waals surface area (Å²) in [4.78, 5) is 20.2. The van der Waals surface area contributed by atoms with Crippen molar-refractivity contribution in [1.29, 1.82) is 0 Å². The Morgan fingerprint density at radius 3 is 2.27 bits per heavy atom. The van der Waals surface area contributed by atoms with Gasteiger partial charge in [-0.1, -0.05) is 57.9 Å². The Labute approximate surface area is 183 Å². The number of amides is 1. The number of pyridine rings is 1. The van der Waals surface area contributed by atoms with Crippen LogP contribution in [0.5, 0.6) is 0 Å². The number of unbranched alkanes of at least 4 members (excludes halogenated alkanes) is 1. The molecule has 30 heavy (non-hydrogen) atoms. The molecule has 1 aromatic carbocycles. The lowest BCUT2D eigenvalue weighted by Gasteiger charge is -2.27. The third kappa shape index (κ3) is 7.56. The van der Waals surface area contributed by atoms with Gasteiger partial charge in [0.05, 0.1) is 11.9 Å². The highest BCUT2D eigenvalue weighted by molar-refractivity contribution is 5.74. The molecule has 1 aromatic heterocycles. The molecule has 0 aliphatic rings. The predicted molar refractivity (Wildman–Crippen MR) is 127 cm³/mol. The van der Waals surface area contributed by atoms with E-state index in [1.807, 2.05) is 18.3 Å². The third-order valence-electron chi connectivity index (χ3n) is 5.85. The fourth-order valence-electron chi connectivity index (χ4n) is 3.86. The number of hydrogen-bond donors (Lipinski definition) is 0. The average Bonchev–Trinajstić information content (AvgIpc) is 2.77. The van der Waals surface area contributed by atoms with E-state index in [0.29, 0.717) is 6.04 Å². The van der Waals surface area contributed by atoms with Crippen LogP contribution in [-0.4, -0.2) is 42.0 Å². The first-order chi connectivity index (χ1) is 14.6. The van der Waals surface area contributed by atoms with Gasteiger partial charge in [-0.2, -0.15) is 0 Å². The Bertz CT molecular complexity index is 727. The second-order valence-electron chi connectivity index (χ2n) is 8.17. The number of benzene rings is 1. The maximum Gasteiger partial charge on any atom is 0.214 e. The molecule has 2 aromatic rings. The third-order valence-corrected chi connectivity index (χ3v) is 5.85. The molecule has 1 heterocycles. The van der Waals surface area contributed by atoms with Gasteiger partial charge in [-0.25, -0.2) is 0 Å². The van der Waals surface area contributed by atoms with E-state index in [2.05, 4.69) is 61.8 Å². The Balaban J connectivity index is 1.90. The molecule has 0 fully saturated rings. The van der Waals surface area contributed by atoms with Crippen LogP contribution < -0.4 is 4.90 Å². The van der Waals surface area contributed by atoms with Crippen LogP contribution in [0.4, 0.5) is 5.69 Å². The van der Waals surface area contributed by atoms with E-state index in [1.54, 1.807) is 4.90 Å². The van der Waals surface area contributed by atoms with Gasteiger partial charge in [0.1, 0.15) is 0 Å². The van der Waals surface area contributed by atoms with Crippen LogP contribution in [0.15, 0.2) is 42.6 Å². The lowest BCUT2D eigenvalue weighted by Crippen LogP contribution is -2.34. The maximum atomic E-state index is 11.3. The van der Waals surface area contributed by atoms with Gasteiger partial charge in [-0.05, 0) is 56.0 Å². The van der Waals surface area contributed by atoms with Gasteiger partial charge in [0, 0.05) is 31.2 Å². The number of nitrogens with zero attached hydrogens (tertiary/aromatic N) is 3. The zero-order chi connectivity index (χ0) is 21.8. The molecule has 0 bridgehead atoms. The van der Waals surface area contributed by atoms with E-state index >= 15 is 0 Å². The van der Waals surface area contributed by atoms with Gasteiger partial charge >= 0.3 is 0 Å². The van der Waals surface area contributed by atoms with Crippen molar-refractivity contribution in [1.82, 2.24) is 9.88 Å². The minimum atomic E-state index is 0.658. The van der Waals surface area contributed by atoms with Crippen molar-refractivity contribution in [2.75, 3.05) is 24.5 Å². The van der Waals surface area contributed by atoms with E-state index in [9.17, 15) is 4.79 Å². The summed E-state index contributed by atoms with van der Waals surface area (Å²) >= 11 is 0. The van der Waals surface area contributed by atoms with Crippen LogP contribution in [0.3, 0.4) is 0 Å². The Hall–Kier alpha value is -2.20. The van der Waals surface area contributed by atoms with E-state index in [0.717, 1.165) is 63.1 Å². The fourth-order valence-corrected chi connectivity index (χ4v) is 3.86. The van der Waals surface area contributed by atoms with Gasteiger partial charge in [-0.3, -0.25) is 9.78 Å². The smallest absolute Gasteiger partial charge is 0.214 e.